The minimum Gasteiger partial charge on any atom is -0.390 e. The normalized spacial score (nSPS) is 36.2. The zero-order chi connectivity index (χ0) is 11.5. The van der Waals surface area contributed by atoms with Crippen LogP contribution in [0.3, 0.4) is 0 Å². The molecule has 1 heteroatoms. The van der Waals surface area contributed by atoms with Crippen LogP contribution in [0.1, 0.15) is 66.2 Å². The standard InChI is InChI=1S/C14H28O/c1-5-7-14(15,6-2)13-9-11(3)8-12(4)10-13/h11-13,15H,5-10H2,1-4H3. The average molecular weight is 212 g/mol. The summed E-state index contributed by atoms with van der Waals surface area (Å²) in [6.45, 7) is 8.99. The molecule has 1 saturated carbocycles. The summed E-state index contributed by atoms with van der Waals surface area (Å²) in [6, 6.07) is 0. The summed E-state index contributed by atoms with van der Waals surface area (Å²) < 4.78 is 0. The van der Waals surface area contributed by atoms with E-state index in [2.05, 4.69) is 27.7 Å². The van der Waals surface area contributed by atoms with Crippen molar-refractivity contribution in [2.75, 3.05) is 0 Å². The minimum atomic E-state index is -0.377. The Morgan fingerprint density at radius 3 is 2.00 bits per heavy atom. The molecule has 90 valence electrons. The molecule has 0 heterocycles. The molecule has 0 amide bonds. The van der Waals surface area contributed by atoms with Gasteiger partial charge in [-0.25, -0.2) is 0 Å². The molecule has 3 atom stereocenters. The molecule has 15 heavy (non-hydrogen) atoms. The highest BCUT2D eigenvalue weighted by atomic mass is 16.3. The van der Waals surface area contributed by atoms with Crippen molar-refractivity contribution >= 4 is 0 Å². The Labute approximate surface area is 95.3 Å². The fourth-order valence-corrected chi connectivity index (χ4v) is 3.49. The van der Waals surface area contributed by atoms with Gasteiger partial charge in [0.1, 0.15) is 0 Å². The molecule has 0 saturated heterocycles. The molecule has 1 aliphatic rings. The van der Waals surface area contributed by atoms with E-state index in [1.807, 2.05) is 0 Å². The molecule has 1 nitrogen and oxygen atoms in total. The fraction of sp³-hybridized carbons (Fsp3) is 1.00. The van der Waals surface area contributed by atoms with Crippen molar-refractivity contribution in [3.8, 4) is 0 Å². The van der Waals surface area contributed by atoms with Crippen molar-refractivity contribution in [3.63, 3.8) is 0 Å². The number of aliphatic hydroxyl groups is 1. The van der Waals surface area contributed by atoms with Gasteiger partial charge in [-0.1, -0.05) is 34.1 Å². The van der Waals surface area contributed by atoms with Crippen LogP contribution in [0.5, 0.6) is 0 Å². The van der Waals surface area contributed by atoms with Gasteiger partial charge in [-0.2, -0.15) is 0 Å². The van der Waals surface area contributed by atoms with Crippen LogP contribution < -0.4 is 0 Å². The van der Waals surface area contributed by atoms with Crippen molar-refractivity contribution in [1.82, 2.24) is 0 Å². The molecular formula is C14H28O. The zero-order valence-electron chi connectivity index (χ0n) is 10.9. The van der Waals surface area contributed by atoms with E-state index in [0.29, 0.717) is 5.92 Å². The van der Waals surface area contributed by atoms with Gasteiger partial charge in [-0.05, 0) is 49.9 Å². The minimum absolute atomic E-state index is 0.377. The van der Waals surface area contributed by atoms with E-state index in [0.717, 1.165) is 31.1 Å². The molecule has 1 rings (SSSR count). The van der Waals surface area contributed by atoms with Crippen LogP contribution in [-0.4, -0.2) is 10.7 Å². The molecule has 1 N–H and O–H groups in total. The lowest BCUT2D eigenvalue weighted by Crippen LogP contribution is -2.41. The predicted molar refractivity (Wildman–Crippen MR) is 65.8 cm³/mol. The Bertz CT molecular complexity index is 180. The highest BCUT2D eigenvalue weighted by molar-refractivity contribution is 4.89. The molecule has 0 radical (unpaired) electrons. The summed E-state index contributed by atoms with van der Waals surface area (Å²) >= 11 is 0. The summed E-state index contributed by atoms with van der Waals surface area (Å²) in [5.41, 5.74) is -0.377. The van der Waals surface area contributed by atoms with Crippen LogP contribution in [0.25, 0.3) is 0 Å². The number of hydrogen-bond acceptors (Lipinski definition) is 1. The van der Waals surface area contributed by atoms with E-state index >= 15 is 0 Å². The number of rotatable bonds is 4. The maximum atomic E-state index is 10.7. The maximum absolute atomic E-state index is 10.7. The third-order valence-electron chi connectivity index (χ3n) is 4.23. The highest BCUT2D eigenvalue weighted by Gasteiger charge is 2.38. The van der Waals surface area contributed by atoms with Gasteiger partial charge >= 0.3 is 0 Å². The van der Waals surface area contributed by atoms with Gasteiger partial charge in [-0.3, -0.25) is 0 Å². The Hall–Kier alpha value is -0.0400. The van der Waals surface area contributed by atoms with E-state index in [1.54, 1.807) is 0 Å². The van der Waals surface area contributed by atoms with Crippen LogP contribution in [0.4, 0.5) is 0 Å². The molecule has 1 fully saturated rings. The fourth-order valence-electron chi connectivity index (χ4n) is 3.49. The zero-order valence-corrected chi connectivity index (χ0v) is 10.9. The largest absolute Gasteiger partial charge is 0.390 e. The second-order valence-corrected chi connectivity index (χ2v) is 5.82. The van der Waals surface area contributed by atoms with Gasteiger partial charge in [0.05, 0.1) is 5.60 Å². The topological polar surface area (TPSA) is 20.2 Å². The first kappa shape index (κ1) is 13.0. The molecule has 0 spiro atoms. The highest BCUT2D eigenvalue weighted by Crippen LogP contribution is 2.41. The van der Waals surface area contributed by atoms with Crippen LogP contribution in [0.2, 0.25) is 0 Å². The molecular weight excluding hydrogens is 184 g/mol. The van der Waals surface area contributed by atoms with Crippen molar-refractivity contribution < 1.29 is 5.11 Å². The molecule has 3 unspecified atom stereocenters. The second-order valence-electron chi connectivity index (χ2n) is 5.82. The maximum Gasteiger partial charge on any atom is 0.0673 e. The average Bonchev–Trinajstić information content (AvgIpc) is 2.16. The summed E-state index contributed by atoms with van der Waals surface area (Å²) in [5.74, 6) is 2.14. The van der Waals surface area contributed by atoms with Gasteiger partial charge in [0.15, 0.2) is 0 Å². The Morgan fingerprint density at radius 2 is 1.60 bits per heavy atom. The van der Waals surface area contributed by atoms with Crippen LogP contribution in [0, 0.1) is 17.8 Å². The van der Waals surface area contributed by atoms with E-state index in [-0.39, 0.29) is 5.60 Å². The smallest absolute Gasteiger partial charge is 0.0673 e. The van der Waals surface area contributed by atoms with Gasteiger partial charge in [-0.15, -0.1) is 0 Å². The summed E-state index contributed by atoms with van der Waals surface area (Å²) in [4.78, 5) is 0. The van der Waals surface area contributed by atoms with Crippen molar-refractivity contribution in [2.24, 2.45) is 17.8 Å². The van der Waals surface area contributed by atoms with Gasteiger partial charge in [0.2, 0.25) is 0 Å². The summed E-state index contributed by atoms with van der Waals surface area (Å²) in [7, 11) is 0. The molecule has 0 aromatic carbocycles. The van der Waals surface area contributed by atoms with Crippen molar-refractivity contribution in [1.29, 1.82) is 0 Å². The lowest BCUT2D eigenvalue weighted by molar-refractivity contribution is -0.0582. The quantitative estimate of drug-likeness (QED) is 0.747. The third-order valence-corrected chi connectivity index (χ3v) is 4.23. The SMILES string of the molecule is CCCC(O)(CC)C1CC(C)CC(C)C1. The second kappa shape index (κ2) is 5.34. The first-order chi connectivity index (χ1) is 7.01. The number of hydrogen-bond donors (Lipinski definition) is 1. The third kappa shape index (κ3) is 3.21. The summed E-state index contributed by atoms with van der Waals surface area (Å²) in [6.07, 6.45) is 6.81. The van der Waals surface area contributed by atoms with E-state index < -0.39 is 0 Å². The van der Waals surface area contributed by atoms with Crippen LogP contribution in [0.15, 0.2) is 0 Å². The van der Waals surface area contributed by atoms with Crippen molar-refractivity contribution in [2.45, 2.75) is 71.8 Å². The van der Waals surface area contributed by atoms with E-state index in [4.69, 9.17) is 0 Å². The summed E-state index contributed by atoms with van der Waals surface area (Å²) in [5, 5.41) is 10.7. The van der Waals surface area contributed by atoms with Gasteiger partial charge in [0.25, 0.3) is 0 Å². The van der Waals surface area contributed by atoms with Crippen LogP contribution >= 0.6 is 0 Å². The molecule has 0 aromatic rings. The van der Waals surface area contributed by atoms with Gasteiger partial charge < -0.3 is 5.11 Å². The van der Waals surface area contributed by atoms with Gasteiger partial charge in [0, 0.05) is 0 Å². The lowest BCUT2D eigenvalue weighted by Gasteiger charge is -2.42. The predicted octanol–water partition coefficient (Wildman–Crippen LogP) is 4.00. The van der Waals surface area contributed by atoms with Crippen molar-refractivity contribution in [3.05, 3.63) is 0 Å². The lowest BCUT2D eigenvalue weighted by atomic mass is 9.67. The Balaban J connectivity index is 2.66. The first-order valence-corrected chi connectivity index (χ1v) is 6.74. The Kier molecular flexibility index (Phi) is 4.64. The Morgan fingerprint density at radius 1 is 1.07 bits per heavy atom. The molecule has 1 aliphatic carbocycles. The molecule has 0 aromatic heterocycles. The monoisotopic (exact) mass is 212 g/mol. The van der Waals surface area contributed by atoms with E-state index in [9.17, 15) is 5.11 Å². The van der Waals surface area contributed by atoms with Crippen LogP contribution in [-0.2, 0) is 0 Å². The molecule has 0 bridgehead atoms. The first-order valence-electron chi connectivity index (χ1n) is 6.74. The molecule has 0 aliphatic heterocycles. The van der Waals surface area contributed by atoms with E-state index in [1.165, 1.54) is 19.3 Å².